The zero-order valence-electron chi connectivity index (χ0n) is 11.6. The molecular formula is C13H16N4O3S. The third kappa shape index (κ3) is 2.91. The Morgan fingerprint density at radius 1 is 1.43 bits per heavy atom. The average Bonchev–Trinajstić information content (AvgIpc) is 2.91. The fourth-order valence-electron chi connectivity index (χ4n) is 2.48. The molecule has 7 nitrogen and oxygen atoms in total. The van der Waals surface area contributed by atoms with Crippen molar-refractivity contribution in [2.24, 2.45) is 0 Å². The molecule has 112 valence electrons. The summed E-state index contributed by atoms with van der Waals surface area (Å²) in [6.45, 7) is 1.94. The van der Waals surface area contributed by atoms with E-state index in [0.717, 1.165) is 25.0 Å². The number of hydrogen-bond acceptors (Lipinski definition) is 5. The third-order valence-corrected chi connectivity index (χ3v) is 4.43. The van der Waals surface area contributed by atoms with Crippen molar-refractivity contribution in [3.8, 4) is 0 Å². The molecule has 0 atom stereocenters. The number of fused-ring (bicyclic) bond motifs is 1. The molecule has 1 aliphatic heterocycles. The molecule has 8 heteroatoms. The summed E-state index contributed by atoms with van der Waals surface area (Å²) in [5.74, 6) is 0. The molecule has 2 aromatic rings. The van der Waals surface area contributed by atoms with Crippen LogP contribution in [0.25, 0.3) is 0 Å². The molecule has 2 aromatic heterocycles. The summed E-state index contributed by atoms with van der Waals surface area (Å²) in [5.41, 5.74) is 1.86. The SMILES string of the molecule is CS(=O)(=O)c1nc2c(c(=O)[nH]1)CN(Cc1ccc[nH]1)CC2. The Kier molecular flexibility index (Phi) is 3.42. The van der Waals surface area contributed by atoms with Gasteiger partial charge < -0.3 is 4.98 Å². The molecule has 3 heterocycles. The van der Waals surface area contributed by atoms with Crippen molar-refractivity contribution in [1.82, 2.24) is 19.9 Å². The minimum absolute atomic E-state index is 0.246. The van der Waals surface area contributed by atoms with Crippen LogP contribution in [0, 0.1) is 0 Å². The summed E-state index contributed by atoms with van der Waals surface area (Å²) in [7, 11) is -3.50. The second-order valence-corrected chi connectivity index (χ2v) is 7.16. The van der Waals surface area contributed by atoms with E-state index in [4.69, 9.17) is 0 Å². The van der Waals surface area contributed by atoms with Gasteiger partial charge in [-0.05, 0) is 12.1 Å². The van der Waals surface area contributed by atoms with Crippen molar-refractivity contribution in [3.63, 3.8) is 0 Å². The van der Waals surface area contributed by atoms with Crippen molar-refractivity contribution in [1.29, 1.82) is 0 Å². The van der Waals surface area contributed by atoms with E-state index in [0.29, 0.717) is 24.2 Å². The lowest BCUT2D eigenvalue weighted by molar-refractivity contribution is 0.238. The van der Waals surface area contributed by atoms with E-state index in [9.17, 15) is 13.2 Å². The van der Waals surface area contributed by atoms with Gasteiger partial charge in [-0.25, -0.2) is 13.4 Å². The molecule has 0 bridgehead atoms. The van der Waals surface area contributed by atoms with Crippen molar-refractivity contribution < 1.29 is 8.42 Å². The van der Waals surface area contributed by atoms with Crippen molar-refractivity contribution in [2.75, 3.05) is 12.8 Å². The quantitative estimate of drug-likeness (QED) is 0.781. The molecule has 0 saturated carbocycles. The third-order valence-electron chi connectivity index (χ3n) is 3.53. The fourth-order valence-corrected chi connectivity index (χ4v) is 3.03. The van der Waals surface area contributed by atoms with Crippen molar-refractivity contribution >= 4 is 9.84 Å². The zero-order valence-corrected chi connectivity index (χ0v) is 12.4. The fraction of sp³-hybridized carbons (Fsp3) is 0.385. The van der Waals surface area contributed by atoms with Crippen LogP contribution in [0.2, 0.25) is 0 Å². The van der Waals surface area contributed by atoms with Crippen LogP contribution in [0.3, 0.4) is 0 Å². The molecule has 0 saturated heterocycles. The summed E-state index contributed by atoms with van der Waals surface area (Å²) in [5, 5.41) is -0.246. The van der Waals surface area contributed by atoms with Gasteiger partial charge in [-0.3, -0.25) is 14.7 Å². The molecule has 0 fully saturated rings. The van der Waals surface area contributed by atoms with Gasteiger partial charge in [0.15, 0.2) is 0 Å². The van der Waals surface area contributed by atoms with Crippen LogP contribution in [-0.4, -0.2) is 41.1 Å². The van der Waals surface area contributed by atoms with E-state index in [2.05, 4.69) is 19.9 Å². The van der Waals surface area contributed by atoms with Crippen LogP contribution in [0.15, 0.2) is 28.3 Å². The van der Waals surface area contributed by atoms with E-state index in [1.54, 1.807) is 0 Å². The molecular weight excluding hydrogens is 292 g/mol. The smallest absolute Gasteiger partial charge is 0.256 e. The molecule has 0 unspecified atom stereocenters. The van der Waals surface area contributed by atoms with Crippen LogP contribution in [0.1, 0.15) is 17.0 Å². The maximum Gasteiger partial charge on any atom is 0.256 e. The first-order valence-electron chi connectivity index (χ1n) is 6.60. The second-order valence-electron chi connectivity index (χ2n) is 5.22. The molecule has 3 rings (SSSR count). The highest BCUT2D eigenvalue weighted by molar-refractivity contribution is 7.90. The minimum atomic E-state index is -3.50. The van der Waals surface area contributed by atoms with Gasteiger partial charge in [0.25, 0.3) is 5.56 Å². The van der Waals surface area contributed by atoms with Gasteiger partial charge in [-0.1, -0.05) is 0 Å². The maximum atomic E-state index is 12.1. The van der Waals surface area contributed by atoms with Crippen molar-refractivity contribution in [3.05, 3.63) is 45.6 Å². The number of aromatic amines is 2. The number of aromatic nitrogens is 3. The van der Waals surface area contributed by atoms with Gasteiger partial charge in [0, 0.05) is 44.2 Å². The lowest BCUT2D eigenvalue weighted by Gasteiger charge is -2.27. The largest absolute Gasteiger partial charge is 0.364 e. The number of nitrogens with zero attached hydrogens (tertiary/aromatic N) is 2. The van der Waals surface area contributed by atoms with Crippen LogP contribution in [0.4, 0.5) is 0 Å². The Balaban J connectivity index is 1.88. The average molecular weight is 308 g/mol. The highest BCUT2D eigenvalue weighted by Gasteiger charge is 2.23. The number of rotatable bonds is 3. The van der Waals surface area contributed by atoms with E-state index >= 15 is 0 Å². The number of sulfone groups is 1. The molecule has 0 aliphatic carbocycles. The lowest BCUT2D eigenvalue weighted by Crippen LogP contribution is -2.36. The summed E-state index contributed by atoms with van der Waals surface area (Å²) in [6, 6.07) is 3.92. The highest BCUT2D eigenvalue weighted by Crippen LogP contribution is 2.16. The van der Waals surface area contributed by atoms with Gasteiger partial charge in [0.1, 0.15) is 0 Å². The predicted molar refractivity (Wildman–Crippen MR) is 76.6 cm³/mol. The van der Waals surface area contributed by atoms with Crippen LogP contribution in [0.5, 0.6) is 0 Å². The first-order chi connectivity index (χ1) is 9.93. The maximum absolute atomic E-state index is 12.1. The van der Waals surface area contributed by atoms with Gasteiger partial charge in [0.2, 0.25) is 15.0 Å². The Morgan fingerprint density at radius 2 is 2.24 bits per heavy atom. The van der Waals surface area contributed by atoms with E-state index in [1.165, 1.54) is 0 Å². The molecule has 2 N–H and O–H groups in total. The summed E-state index contributed by atoms with van der Waals surface area (Å²) in [4.78, 5) is 23.8. The second kappa shape index (κ2) is 5.12. The minimum Gasteiger partial charge on any atom is -0.364 e. The van der Waals surface area contributed by atoms with Crippen molar-refractivity contribution in [2.45, 2.75) is 24.7 Å². The summed E-state index contributed by atoms with van der Waals surface area (Å²) in [6.07, 6.45) is 3.47. The van der Waals surface area contributed by atoms with Crippen LogP contribution in [-0.2, 0) is 29.3 Å². The Labute approximate surface area is 122 Å². The zero-order chi connectivity index (χ0) is 15.0. The van der Waals surface area contributed by atoms with Gasteiger partial charge in [0.05, 0.1) is 11.3 Å². The predicted octanol–water partition coefficient (Wildman–Crippen LogP) is 0.0598. The van der Waals surface area contributed by atoms with Crippen LogP contribution < -0.4 is 5.56 Å². The summed E-state index contributed by atoms with van der Waals surface area (Å²) < 4.78 is 23.0. The van der Waals surface area contributed by atoms with Gasteiger partial charge in [-0.2, -0.15) is 0 Å². The van der Waals surface area contributed by atoms with E-state index in [1.807, 2.05) is 18.3 Å². The Morgan fingerprint density at radius 3 is 2.90 bits per heavy atom. The molecule has 0 amide bonds. The van der Waals surface area contributed by atoms with Crippen LogP contribution >= 0.6 is 0 Å². The molecule has 0 spiro atoms. The highest BCUT2D eigenvalue weighted by atomic mass is 32.2. The Bertz CT molecular complexity index is 808. The standard InChI is InChI=1S/C13H16N4O3S/c1-21(19,20)13-15-11-4-6-17(7-9-3-2-5-14-9)8-10(11)12(18)16-13/h2-3,5,14H,4,6-8H2,1H3,(H,15,16,18). The van der Waals surface area contributed by atoms with E-state index < -0.39 is 9.84 Å². The normalized spacial score (nSPS) is 15.9. The van der Waals surface area contributed by atoms with Gasteiger partial charge in [-0.15, -0.1) is 0 Å². The molecule has 0 aromatic carbocycles. The topological polar surface area (TPSA) is 98.9 Å². The number of nitrogens with one attached hydrogen (secondary N) is 2. The molecule has 0 radical (unpaired) electrons. The number of hydrogen-bond donors (Lipinski definition) is 2. The first-order valence-corrected chi connectivity index (χ1v) is 8.49. The summed E-state index contributed by atoms with van der Waals surface area (Å²) >= 11 is 0. The molecule has 21 heavy (non-hydrogen) atoms. The number of H-pyrrole nitrogens is 2. The van der Waals surface area contributed by atoms with E-state index in [-0.39, 0.29) is 10.7 Å². The van der Waals surface area contributed by atoms with Gasteiger partial charge >= 0.3 is 0 Å². The lowest BCUT2D eigenvalue weighted by atomic mass is 10.1. The Hall–Kier alpha value is -1.93. The molecule has 1 aliphatic rings. The monoisotopic (exact) mass is 308 g/mol. The first kappa shape index (κ1) is 14.0.